The van der Waals surface area contributed by atoms with Gasteiger partial charge in [0.25, 0.3) is 0 Å². The van der Waals surface area contributed by atoms with Crippen molar-refractivity contribution in [2.24, 2.45) is 0 Å². The summed E-state index contributed by atoms with van der Waals surface area (Å²) < 4.78 is 3.68. The second-order valence-electron chi connectivity index (χ2n) is 5.36. The zero-order chi connectivity index (χ0) is 16.1. The molecule has 116 valence electrons. The molecule has 6 nitrogen and oxygen atoms in total. The third kappa shape index (κ3) is 2.26. The van der Waals surface area contributed by atoms with Crippen molar-refractivity contribution in [3.8, 4) is 0 Å². The molecule has 8 heteroatoms. The molecule has 0 aliphatic rings. The van der Waals surface area contributed by atoms with E-state index < -0.39 is 0 Å². The molecule has 0 fully saturated rings. The van der Waals surface area contributed by atoms with E-state index in [0.717, 1.165) is 33.8 Å². The van der Waals surface area contributed by atoms with E-state index in [1.807, 2.05) is 35.1 Å². The molecule has 0 saturated heterocycles. The van der Waals surface area contributed by atoms with Crippen LogP contribution in [0.25, 0.3) is 16.7 Å². The molecule has 0 unspecified atom stereocenters. The van der Waals surface area contributed by atoms with Crippen molar-refractivity contribution in [1.29, 1.82) is 0 Å². The van der Waals surface area contributed by atoms with Gasteiger partial charge in [0.15, 0.2) is 11.3 Å². The van der Waals surface area contributed by atoms with Gasteiger partial charge in [-0.15, -0.1) is 10.2 Å². The zero-order valence-electron chi connectivity index (χ0n) is 12.5. The number of fused-ring (bicyclic) bond motifs is 3. The summed E-state index contributed by atoms with van der Waals surface area (Å²) in [6.45, 7) is 4.34. The Bertz CT molecular complexity index is 1050. The summed E-state index contributed by atoms with van der Waals surface area (Å²) in [7, 11) is 0. The fraction of sp³-hybridized carbons (Fsp3) is 0.200. The number of rotatable bonds is 2. The highest BCUT2D eigenvalue weighted by Crippen LogP contribution is 2.25. The number of aryl methyl sites for hydroxylation is 2. The third-order valence-corrected chi connectivity index (χ3v) is 4.41. The van der Waals surface area contributed by atoms with Gasteiger partial charge in [-0.1, -0.05) is 29.3 Å². The van der Waals surface area contributed by atoms with Crippen LogP contribution in [0.3, 0.4) is 0 Å². The van der Waals surface area contributed by atoms with Gasteiger partial charge in [-0.3, -0.25) is 4.40 Å². The first-order chi connectivity index (χ1) is 11.0. The minimum Gasteiger partial charge on any atom is -0.269 e. The van der Waals surface area contributed by atoms with E-state index in [9.17, 15) is 0 Å². The summed E-state index contributed by atoms with van der Waals surface area (Å²) in [5.41, 5.74) is 3.31. The zero-order valence-corrected chi connectivity index (χ0v) is 14.0. The van der Waals surface area contributed by atoms with Crippen LogP contribution in [0.5, 0.6) is 0 Å². The molecule has 4 rings (SSSR count). The van der Waals surface area contributed by atoms with E-state index in [-0.39, 0.29) is 0 Å². The van der Waals surface area contributed by atoms with Crippen LogP contribution < -0.4 is 0 Å². The molecular weight excluding hydrogens is 335 g/mol. The van der Waals surface area contributed by atoms with Crippen LogP contribution in [0.4, 0.5) is 0 Å². The van der Waals surface area contributed by atoms with Gasteiger partial charge in [0.05, 0.1) is 17.6 Å². The average Bonchev–Trinajstić information content (AvgIpc) is 3.03. The van der Waals surface area contributed by atoms with Gasteiger partial charge in [0.2, 0.25) is 0 Å². The van der Waals surface area contributed by atoms with Gasteiger partial charge in [-0.05, 0) is 31.5 Å². The van der Waals surface area contributed by atoms with Gasteiger partial charge in [-0.25, -0.2) is 9.67 Å². The first-order valence-corrected chi connectivity index (χ1v) is 7.77. The first kappa shape index (κ1) is 14.4. The Morgan fingerprint density at radius 2 is 1.91 bits per heavy atom. The van der Waals surface area contributed by atoms with Crippen molar-refractivity contribution in [3.63, 3.8) is 0 Å². The van der Waals surface area contributed by atoms with E-state index in [0.29, 0.717) is 16.6 Å². The number of benzene rings is 1. The lowest BCUT2D eigenvalue weighted by molar-refractivity contribution is 0.695. The standard InChI is InChI=1S/C15H12Cl2N6/c1-8-13-14(18-7-22-9(2)19-20-15(13)22)23(21-8)6-10-3-4-11(16)5-12(10)17/h3-5,7H,6H2,1-2H3. The number of hydrogen-bond acceptors (Lipinski definition) is 4. The molecule has 0 aliphatic heterocycles. The maximum Gasteiger partial charge on any atom is 0.175 e. The van der Waals surface area contributed by atoms with Gasteiger partial charge in [0, 0.05) is 10.0 Å². The van der Waals surface area contributed by atoms with Crippen LogP contribution in [0.15, 0.2) is 24.5 Å². The van der Waals surface area contributed by atoms with Crippen molar-refractivity contribution in [2.45, 2.75) is 20.4 Å². The molecule has 1 aromatic carbocycles. The lowest BCUT2D eigenvalue weighted by Gasteiger charge is -2.06. The Kier molecular flexibility index (Phi) is 3.25. The average molecular weight is 347 g/mol. The molecule has 3 heterocycles. The molecule has 0 bridgehead atoms. The smallest absolute Gasteiger partial charge is 0.175 e. The minimum absolute atomic E-state index is 0.511. The van der Waals surface area contributed by atoms with E-state index in [1.165, 1.54) is 0 Å². The number of hydrogen-bond donors (Lipinski definition) is 0. The Balaban J connectivity index is 1.89. The predicted molar refractivity (Wildman–Crippen MR) is 89.1 cm³/mol. The Labute approximate surface area is 141 Å². The Morgan fingerprint density at radius 1 is 1.09 bits per heavy atom. The Hall–Kier alpha value is -2.18. The number of nitrogens with zero attached hydrogens (tertiary/aromatic N) is 6. The van der Waals surface area contributed by atoms with Gasteiger partial charge < -0.3 is 0 Å². The van der Waals surface area contributed by atoms with Crippen molar-refractivity contribution >= 4 is 39.9 Å². The van der Waals surface area contributed by atoms with Crippen molar-refractivity contribution in [1.82, 2.24) is 29.4 Å². The van der Waals surface area contributed by atoms with E-state index >= 15 is 0 Å². The largest absolute Gasteiger partial charge is 0.269 e. The monoisotopic (exact) mass is 346 g/mol. The maximum atomic E-state index is 6.26. The molecule has 0 spiro atoms. The predicted octanol–water partition coefficient (Wildman–Crippen LogP) is 3.45. The van der Waals surface area contributed by atoms with E-state index in [4.69, 9.17) is 23.2 Å². The fourth-order valence-electron chi connectivity index (χ4n) is 2.67. The van der Waals surface area contributed by atoms with Crippen LogP contribution in [-0.4, -0.2) is 29.4 Å². The van der Waals surface area contributed by atoms with Crippen LogP contribution in [-0.2, 0) is 6.54 Å². The molecule has 0 saturated carbocycles. The summed E-state index contributed by atoms with van der Waals surface area (Å²) in [6, 6.07) is 5.44. The van der Waals surface area contributed by atoms with Crippen LogP contribution >= 0.6 is 23.2 Å². The fourth-order valence-corrected chi connectivity index (χ4v) is 3.14. The molecular formula is C15H12Cl2N6. The Morgan fingerprint density at radius 3 is 2.70 bits per heavy atom. The van der Waals surface area contributed by atoms with Crippen LogP contribution in [0.2, 0.25) is 10.0 Å². The molecule has 0 atom stereocenters. The summed E-state index contributed by atoms with van der Waals surface area (Å²) >= 11 is 12.2. The summed E-state index contributed by atoms with van der Waals surface area (Å²) in [4.78, 5) is 4.52. The molecule has 4 aromatic rings. The van der Waals surface area contributed by atoms with E-state index in [2.05, 4.69) is 20.3 Å². The summed E-state index contributed by atoms with van der Waals surface area (Å²) in [5, 5.41) is 15.0. The lowest BCUT2D eigenvalue weighted by atomic mass is 10.2. The second-order valence-corrected chi connectivity index (χ2v) is 6.21. The normalized spacial score (nSPS) is 11.7. The highest BCUT2D eigenvalue weighted by atomic mass is 35.5. The molecule has 0 radical (unpaired) electrons. The second kappa shape index (κ2) is 5.18. The number of halogens is 2. The highest BCUT2D eigenvalue weighted by Gasteiger charge is 2.16. The molecule has 0 aliphatic carbocycles. The highest BCUT2D eigenvalue weighted by molar-refractivity contribution is 6.35. The lowest BCUT2D eigenvalue weighted by Crippen LogP contribution is -2.04. The summed E-state index contributed by atoms with van der Waals surface area (Å²) in [6.07, 6.45) is 1.72. The topological polar surface area (TPSA) is 60.9 Å². The minimum atomic E-state index is 0.511. The molecule has 0 N–H and O–H groups in total. The summed E-state index contributed by atoms with van der Waals surface area (Å²) in [5.74, 6) is 0.794. The van der Waals surface area contributed by atoms with Crippen LogP contribution in [0.1, 0.15) is 17.1 Å². The van der Waals surface area contributed by atoms with Gasteiger partial charge in [-0.2, -0.15) is 5.10 Å². The SMILES string of the molecule is Cc1nn(Cc2ccc(Cl)cc2Cl)c2ncn3c(C)nnc3c12. The van der Waals surface area contributed by atoms with Gasteiger partial charge >= 0.3 is 0 Å². The first-order valence-electron chi connectivity index (χ1n) is 7.02. The third-order valence-electron chi connectivity index (χ3n) is 3.82. The van der Waals surface area contributed by atoms with Crippen molar-refractivity contribution < 1.29 is 0 Å². The molecule has 3 aromatic heterocycles. The van der Waals surface area contributed by atoms with Crippen LogP contribution in [0, 0.1) is 13.8 Å². The maximum absolute atomic E-state index is 6.26. The van der Waals surface area contributed by atoms with Crippen molar-refractivity contribution in [2.75, 3.05) is 0 Å². The number of aromatic nitrogens is 6. The van der Waals surface area contributed by atoms with E-state index in [1.54, 1.807) is 12.4 Å². The molecule has 0 amide bonds. The van der Waals surface area contributed by atoms with Crippen molar-refractivity contribution in [3.05, 3.63) is 51.7 Å². The quantitative estimate of drug-likeness (QED) is 0.557. The van der Waals surface area contributed by atoms with Gasteiger partial charge in [0.1, 0.15) is 12.2 Å². The molecule has 23 heavy (non-hydrogen) atoms.